The molecule has 0 saturated heterocycles. The van der Waals surface area contributed by atoms with Crippen molar-refractivity contribution in [2.75, 3.05) is 0 Å². The molecule has 0 aromatic heterocycles. The molecule has 0 unspecified atom stereocenters. The molecule has 0 aliphatic heterocycles. The number of hydrogen-bond acceptors (Lipinski definition) is 2. The van der Waals surface area contributed by atoms with Gasteiger partial charge in [0, 0.05) is 0 Å². The topological polar surface area (TPSA) is 219 Å². The fourth-order valence-corrected chi connectivity index (χ4v) is 0. The molecule has 13 heteroatoms. The van der Waals surface area contributed by atoms with E-state index in [0.29, 0.717) is 0 Å². The van der Waals surface area contributed by atoms with Crippen LogP contribution in [0.4, 0.5) is 0 Å². The molecule has 13 heavy (non-hydrogen) atoms. The van der Waals surface area contributed by atoms with Crippen LogP contribution in [0.3, 0.4) is 0 Å². The molecule has 10 N–H and O–H groups in total. The number of phosphoric acid groups is 2. The Morgan fingerprint density at radius 3 is 0.615 bits per heavy atom. The normalized spacial score (nSPS) is 9.08. The van der Waals surface area contributed by atoms with Gasteiger partial charge in [0.05, 0.1) is 0 Å². The van der Waals surface area contributed by atoms with Crippen LogP contribution in [0, 0.1) is 0 Å². The van der Waals surface area contributed by atoms with E-state index in [1.807, 2.05) is 0 Å². The molecule has 0 atom stereocenters. The zero-order valence-corrected chi connectivity index (χ0v) is 7.18. The van der Waals surface area contributed by atoms with Gasteiger partial charge in [0.2, 0.25) is 0 Å². The van der Waals surface area contributed by atoms with Gasteiger partial charge in [0.15, 0.2) is 0 Å². The van der Waals surface area contributed by atoms with E-state index in [-0.39, 0.29) is 40.5 Å². The number of hydrogen-bond donors (Lipinski definition) is 6. The van der Waals surface area contributed by atoms with Crippen LogP contribution < -0.4 is 0 Å². The van der Waals surface area contributed by atoms with Crippen LogP contribution in [0.25, 0.3) is 0 Å². The molecule has 0 saturated carbocycles. The van der Waals surface area contributed by atoms with Crippen molar-refractivity contribution in [3.05, 3.63) is 0 Å². The summed E-state index contributed by atoms with van der Waals surface area (Å²) in [4.78, 5) is 43.1. The second-order valence-electron chi connectivity index (χ2n) is 1.03. The Labute approximate surface area is 94.6 Å². The summed E-state index contributed by atoms with van der Waals surface area (Å²) in [6, 6.07) is 0. The Kier molecular flexibility index (Phi) is 25.2. The average molecular weight is 256 g/mol. The fourth-order valence-electron chi connectivity index (χ4n) is 0. The Morgan fingerprint density at radius 1 is 0.615 bits per heavy atom. The van der Waals surface area contributed by atoms with E-state index >= 15 is 0 Å². The first-order valence-electron chi connectivity index (χ1n) is 1.57. The second kappa shape index (κ2) is 11.2. The molecular formula is H11NaO10P2. The standard InChI is InChI=1S/Na.2H3O4P.2H2O.H/c;2*1-5(2,3)4;;;/h;2*(H3,1,2,3,4);2*1H2;. The molecule has 0 fully saturated rings. The minimum atomic E-state index is -4.64. The van der Waals surface area contributed by atoms with Gasteiger partial charge < -0.3 is 40.3 Å². The maximum absolute atomic E-state index is 8.88. The van der Waals surface area contributed by atoms with Crippen molar-refractivity contribution >= 4 is 45.2 Å². The van der Waals surface area contributed by atoms with Crippen LogP contribution >= 0.6 is 15.6 Å². The summed E-state index contributed by atoms with van der Waals surface area (Å²) in [7, 11) is -9.28. The van der Waals surface area contributed by atoms with Crippen molar-refractivity contribution in [2.45, 2.75) is 0 Å². The Bertz CT molecular complexity index is 125. The fraction of sp³-hybridized carbons (Fsp3) is 0. The van der Waals surface area contributed by atoms with Crippen molar-refractivity contribution < 1.29 is 49.4 Å². The zero-order chi connectivity index (χ0) is 9.00. The first-order valence-corrected chi connectivity index (χ1v) is 4.70. The minimum absolute atomic E-state index is 0. The molecule has 82 valence electrons. The van der Waals surface area contributed by atoms with Gasteiger partial charge in [0.1, 0.15) is 0 Å². The predicted octanol–water partition coefficient (Wildman–Crippen LogP) is -4.16. The third-order valence-corrected chi connectivity index (χ3v) is 0. The summed E-state index contributed by atoms with van der Waals surface area (Å²) < 4.78 is 17.8. The van der Waals surface area contributed by atoms with E-state index in [4.69, 9.17) is 38.5 Å². The van der Waals surface area contributed by atoms with Crippen LogP contribution in [-0.4, -0.2) is 69.9 Å². The summed E-state index contributed by atoms with van der Waals surface area (Å²) in [5.41, 5.74) is 0. The molecule has 10 nitrogen and oxygen atoms in total. The van der Waals surface area contributed by atoms with Gasteiger partial charge >= 0.3 is 45.2 Å². The molecule has 0 bridgehead atoms. The van der Waals surface area contributed by atoms with Crippen LogP contribution in [0.2, 0.25) is 0 Å². The summed E-state index contributed by atoms with van der Waals surface area (Å²) in [6.45, 7) is 0. The first-order chi connectivity index (χ1) is 4.00. The molecule has 0 aromatic carbocycles. The SMILES string of the molecule is O.O.O=P(O)(O)O.O=P(O)(O)O.[NaH]. The van der Waals surface area contributed by atoms with E-state index in [2.05, 4.69) is 0 Å². The second-order valence-corrected chi connectivity index (χ2v) is 3.08. The maximum atomic E-state index is 8.88. The first kappa shape index (κ1) is 29.2. The van der Waals surface area contributed by atoms with Crippen molar-refractivity contribution in [1.29, 1.82) is 0 Å². The van der Waals surface area contributed by atoms with Crippen LogP contribution in [0.1, 0.15) is 0 Å². The van der Waals surface area contributed by atoms with E-state index in [0.717, 1.165) is 0 Å². The molecule has 0 heterocycles. The van der Waals surface area contributed by atoms with Gasteiger partial charge in [-0.05, 0) is 0 Å². The summed E-state index contributed by atoms with van der Waals surface area (Å²) >= 11 is 0. The van der Waals surface area contributed by atoms with Crippen molar-refractivity contribution in [1.82, 2.24) is 0 Å². The molecule has 0 aliphatic rings. The monoisotopic (exact) mass is 256 g/mol. The van der Waals surface area contributed by atoms with Crippen molar-refractivity contribution in [3.63, 3.8) is 0 Å². The van der Waals surface area contributed by atoms with Crippen LogP contribution in [-0.2, 0) is 9.13 Å². The van der Waals surface area contributed by atoms with Crippen LogP contribution in [0.5, 0.6) is 0 Å². The molecule has 0 radical (unpaired) electrons. The molecule has 0 rings (SSSR count). The van der Waals surface area contributed by atoms with Gasteiger partial charge in [-0.15, -0.1) is 0 Å². The van der Waals surface area contributed by atoms with Crippen LogP contribution in [0.15, 0.2) is 0 Å². The quantitative estimate of drug-likeness (QED) is 0.184. The Balaban J connectivity index is -0.0000000267. The van der Waals surface area contributed by atoms with E-state index < -0.39 is 15.6 Å². The van der Waals surface area contributed by atoms with Gasteiger partial charge in [-0.25, -0.2) is 9.13 Å². The molecule has 0 spiro atoms. The molecule has 0 amide bonds. The number of rotatable bonds is 0. The van der Waals surface area contributed by atoms with Gasteiger partial charge in [0.25, 0.3) is 0 Å². The Hall–Kier alpha value is 1.14. The molecule has 0 aliphatic carbocycles. The molecular weight excluding hydrogens is 245 g/mol. The predicted molar refractivity (Wildman–Crippen MR) is 42.9 cm³/mol. The Morgan fingerprint density at radius 2 is 0.615 bits per heavy atom. The van der Waals surface area contributed by atoms with E-state index in [9.17, 15) is 0 Å². The average Bonchev–Trinajstić information content (AvgIpc) is 1.12. The summed E-state index contributed by atoms with van der Waals surface area (Å²) in [5, 5.41) is 0. The summed E-state index contributed by atoms with van der Waals surface area (Å²) in [6.07, 6.45) is 0. The summed E-state index contributed by atoms with van der Waals surface area (Å²) in [5.74, 6) is 0. The third kappa shape index (κ3) is 1250. The van der Waals surface area contributed by atoms with Gasteiger partial charge in [-0.3, -0.25) is 0 Å². The van der Waals surface area contributed by atoms with E-state index in [1.54, 1.807) is 0 Å². The van der Waals surface area contributed by atoms with Gasteiger partial charge in [-0.1, -0.05) is 0 Å². The van der Waals surface area contributed by atoms with Crippen molar-refractivity contribution in [3.8, 4) is 0 Å². The van der Waals surface area contributed by atoms with Gasteiger partial charge in [-0.2, -0.15) is 0 Å². The van der Waals surface area contributed by atoms with E-state index in [1.165, 1.54) is 0 Å². The zero-order valence-electron chi connectivity index (χ0n) is 5.39. The third-order valence-electron chi connectivity index (χ3n) is 0. The van der Waals surface area contributed by atoms with Crippen molar-refractivity contribution in [2.24, 2.45) is 0 Å². The molecule has 0 aromatic rings.